The second-order valence-electron chi connectivity index (χ2n) is 8.15. The Morgan fingerprint density at radius 2 is 0.964 bits per heavy atom. The molecule has 5 rings (SSSR count). The van der Waals surface area contributed by atoms with Crippen LogP contribution < -0.4 is 0 Å². The first-order valence-electron chi connectivity index (χ1n) is 10.1. The molecule has 0 radical (unpaired) electrons. The van der Waals surface area contributed by atoms with Gasteiger partial charge in [0.05, 0.1) is 11.1 Å². The minimum Gasteiger partial charge on any atom is -0.455 e. The molecule has 2 aromatic rings. The van der Waals surface area contributed by atoms with Gasteiger partial charge in [-0.3, -0.25) is 0 Å². The van der Waals surface area contributed by atoms with Gasteiger partial charge >= 0.3 is 11.9 Å². The number of aryl methyl sites for hydroxylation is 2. The van der Waals surface area contributed by atoms with E-state index >= 15 is 0 Å². The van der Waals surface area contributed by atoms with Crippen LogP contribution in [0, 0.1) is 25.7 Å². The third-order valence-corrected chi connectivity index (χ3v) is 6.13. The fourth-order valence-electron chi connectivity index (χ4n) is 4.43. The Hall–Kier alpha value is -2.62. The lowest BCUT2D eigenvalue weighted by molar-refractivity contribution is -0.121. The highest BCUT2D eigenvalue weighted by molar-refractivity contribution is 5.90. The predicted octanol–water partition coefficient (Wildman–Crippen LogP) is 4.87. The predicted molar refractivity (Wildman–Crippen MR) is 106 cm³/mol. The lowest BCUT2D eigenvalue weighted by atomic mass is 9.67. The lowest BCUT2D eigenvalue weighted by Gasteiger charge is -2.46. The van der Waals surface area contributed by atoms with E-state index < -0.39 is 0 Å². The molecule has 0 saturated heterocycles. The van der Waals surface area contributed by atoms with Gasteiger partial charge in [0, 0.05) is 0 Å². The minimum absolute atomic E-state index is 0.259. The number of benzene rings is 2. The van der Waals surface area contributed by atoms with Crippen LogP contribution in [0.15, 0.2) is 48.5 Å². The number of hydrogen-bond donors (Lipinski definition) is 0. The maximum atomic E-state index is 12.7. The van der Waals surface area contributed by atoms with E-state index in [-0.39, 0.29) is 36.0 Å². The van der Waals surface area contributed by atoms with Crippen molar-refractivity contribution in [1.82, 2.24) is 0 Å². The zero-order valence-corrected chi connectivity index (χ0v) is 16.4. The van der Waals surface area contributed by atoms with Crippen molar-refractivity contribution in [2.45, 2.75) is 51.7 Å². The number of carbonyl (C=O) groups excluding carboxylic acids is 2. The summed E-state index contributed by atoms with van der Waals surface area (Å²) in [5, 5.41) is 0. The quantitative estimate of drug-likeness (QED) is 0.712. The molecule has 3 aliphatic rings. The summed E-state index contributed by atoms with van der Waals surface area (Å²) in [5.41, 5.74) is 3.27. The van der Waals surface area contributed by atoms with Gasteiger partial charge in [-0.05, 0) is 75.6 Å². The van der Waals surface area contributed by atoms with E-state index in [1.807, 2.05) is 38.1 Å². The number of rotatable bonds is 4. The Labute approximate surface area is 165 Å². The van der Waals surface area contributed by atoms with Crippen LogP contribution >= 0.6 is 0 Å². The molecule has 0 aromatic heterocycles. The maximum Gasteiger partial charge on any atom is 0.338 e. The molecule has 3 saturated carbocycles. The summed E-state index contributed by atoms with van der Waals surface area (Å²) in [5.74, 6) is -0.159. The van der Waals surface area contributed by atoms with Crippen LogP contribution in [0.5, 0.6) is 0 Å². The summed E-state index contributed by atoms with van der Waals surface area (Å²) < 4.78 is 11.8. The Morgan fingerprint density at radius 1 is 0.643 bits per heavy atom. The molecule has 0 heterocycles. The number of hydrogen-bond acceptors (Lipinski definition) is 4. The highest BCUT2D eigenvalue weighted by Gasteiger charge is 2.48. The number of carbonyl (C=O) groups is 2. The highest BCUT2D eigenvalue weighted by atomic mass is 16.6. The van der Waals surface area contributed by atoms with Crippen molar-refractivity contribution in [2.24, 2.45) is 11.8 Å². The van der Waals surface area contributed by atoms with Crippen LogP contribution in [-0.2, 0) is 9.47 Å². The third kappa shape index (κ3) is 3.82. The fourth-order valence-corrected chi connectivity index (χ4v) is 4.43. The van der Waals surface area contributed by atoms with Crippen LogP contribution in [0.4, 0.5) is 0 Å². The van der Waals surface area contributed by atoms with Crippen LogP contribution in [-0.4, -0.2) is 24.1 Å². The molecule has 2 atom stereocenters. The Bertz CT molecular complexity index is 772. The van der Waals surface area contributed by atoms with Crippen LogP contribution in [0.2, 0.25) is 0 Å². The Balaban J connectivity index is 1.50. The summed E-state index contributed by atoms with van der Waals surface area (Å²) in [6.45, 7) is 3.96. The van der Waals surface area contributed by atoms with E-state index in [1.54, 1.807) is 24.3 Å². The molecule has 0 spiro atoms. The summed E-state index contributed by atoms with van der Waals surface area (Å²) >= 11 is 0. The van der Waals surface area contributed by atoms with E-state index in [2.05, 4.69) is 0 Å². The maximum absolute atomic E-state index is 12.7. The highest BCUT2D eigenvalue weighted by Crippen LogP contribution is 2.44. The average Bonchev–Trinajstić information content (AvgIpc) is 2.71. The third-order valence-electron chi connectivity index (χ3n) is 6.13. The second kappa shape index (κ2) is 7.78. The number of esters is 2. The molecule has 4 heteroatoms. The molecule has 3 aliphatic carbocycles. The molecule has 2 unspecified atom stereocenters. The second-order valence-corrected chi connectivity index (χ2v) is 8.15. The summed E-state index contributed by atoms with van der Waals surface area (Å²) in [6, 6.07) is 14.7. The lowest BCUT2D eigenvalue weighted by Crippen LogP contribution is -2.52. The standard InChI is InChI=1S/C24H26O4/c1-15-3-7-19(8-4-15)23(25)27-21-17-11-13-18(14-12-17)22(21)28-24(26)20-9-5-16(2)6-10-20/h3-10,17-18,21-22H,11-14H2,1-2H3. The first-order valence-corrected chi connectivity index (χ1v) is 10.1. The van der Waals surface area contributed by atoms with Crippen molar-refractivity contribution in [3.05, 3.63) is 70.8 Å². The average molecular weight is 378 g/mol. The number of fused-ring (bicyclic) bond motifs is 3. The minimum atomic E-state index is -0.365. The summed E-state index contributed by atoms with van der Waals surface area (Å²) in [7, 11) is 0. The van der Waals surface area contributed by atoms with Gasteiger partial charge in [-0.25, -0.2) is 9.59 Å². The SMILES string of the molecule is Cc1ccc(C(=O)OC2C3CCC(CC3)C2OC(=O)c2ccc(C)cc2)cc1. The molecule has 28 heavy (non-hydrogen) atoms. The monoisotopic (exact) mass is 378 g/mol. The van der Waals surface area contributed by atoms with E-state index in [1.165, 1.54) is 0 Å². The van der Waals surface area contributed by atoms with Crippen molar-refractivity contribution in [3.8, 4) is 0 Å². The summed E-state index contributed by atoms with van der Waals surface area (Å²) in [6.07, 6.45) is 3.36. The van der Waals surface area contributed by atoms with Crippen LogP contribution in [0.25, 0.3) is 0 Å². The zero-order chi connectivity index (χ0) is 19.7. The fraction of sp³-hybridized carbons (Fsp3) is 0.417. The molecule has 0 N–H and O–H groups in total. The van der Waals surface area contributed by atoms with Gasteiger partial charge in [-0.2, -0.15) is 0 Å². The van der Waals surface area contributed by atoms with E-state index in [0.29, 0.717) is 11.1 Å². The van der Waals surface area contributed by atoms with Gasteiger partial charge < -0.3 is 9.47 Å². The van der Waals surface area contributed by atoms with Crippen molar-refractivity contribution in [3.63, 3.8) is 0 Å². The molecule has 4 nitrogen and oxygen atoms in total. The molecular formula is C24H26O4. The van der Waals surface area contributed by atoms with Gasteiger partial charge in [0.2, 0.25) is 0 Å². The molecule has 3 fully saturated rings. The van der Waals surface area contributed by atoms with Gasteiger partial charge in [0.15, 0.2) is 0 Å². The number of ether oxygens (including phenoxy) is 2. The Kier molecular flexibility index (Phi) is 5.21. The van der Waals surface area contributed by atoms with Crippen LogP contribution in [0.3, 0.4) is 0 Å². The van der Waals surface area contributed by atoms with Gasteiger partial charge in [0.25, 0.3) is 0 Å². The first kappa shape index (κ1) is 18.7. The molecular weight excluding hydrogens is 352 g/mol. The molecule has 146 valence electrons. The van der Waals surface area contributed by atoms with E-state index in [0.717, 1.165) is 36.8 Å². The smallest absolute Gasteiger partial charge is 0.338 e. The van der Waals surface area contributed by atoms with Crippen molar-refractivity contribution >= 4 is 11.9 Å². The van der Waals surface area contributed by atoms with Crippen molar-refractivity contribution in [2.75, 3.05) is 0 Å². The van der Waals surface area contributed by atoms with Crippen molar-refractivity contribution < 1.29 is 19.1 Å². The van der Waals surface area contributed by atoms with Gasteiger partial charge in [-0.15, -0.1) is 0 Å². The van der Waals surface area contributed by atoms with Crippen molar-refractivity contribution in [1.29, 1.82) is 0 Å². The molecule has 2 aromatic carbocycles. The largest absolute Gasteiger partial charge is 0.455 e. The van der Waals surface area contributed by atoms with Gasteiger partial charge in [-0.1, -0.05) is 35.4 Å². The Morgan fingerprint density at radius 3 is 1.29 bits per heavy atom. The first-order chi connectivity index (χ1) is 13.5. The van der Waals surface area contributed by atoms with Crippen LogP contribution in [0.1, 0.15) is 57.5 Å². The molecule has 0 aliphatic heterocycles. The molecule has 2 bridgehead atoms. The zero-order valence-electron chi connectivity index (χ0n) is 16.4. The summed E-state index contributed by atoms with van der Waals surface area (Å²) in [4.78, 5) is 25.4. The van der Waals surface area contributed by atoms with E-state index in [4.69, 9.17) is 9.47 Å². The van der Waals surface area contributed by atoms with E-state index in [9.17, 15) is 9.59 Å². The van der Waals surface area contributed by atoms with Gasteiger partial charge in [0.1, 0.15) is 12.2 Å². The topological polar surface area (TPSA) is 52.6 Å². The normalized spacial score (nSPS) is 25.9. The molecule has 0 amide bonds.